The Labute approximate surface area is 283 Å². The summed E-state index contributed by atoms with van der Waals surface area (Å²) < 4.78 is 62.7. The van der Waals surface area contributed by atoms with Crippen LogP contribution < -0.4 is 28.4 Å². The van der Waals surface area contributed by atoms with Crippen molar-refractivity contribution in [3.05, 3.63) is 83.4 Å². The highest BCUT2D eigenvalue weighted by Gasteiger charge is 2.26. The maximum Gasteiger partial charge on any atom is 0.253 e. The molecule has 4 aromatic rings. The zero-order valence-electron chi connectivity index (χ0n) is 28.2. The Morgan fingerprint density at radius 1 is 0.510 bits per heavy atom. The molecule has 4 aromatic carbocycles. The number of hydrogen-bond acceptors (Lipinski definition) is 8. The highest BCUT2D eigenvalue weighted by atomic mass is 19.1. The van der Waals surface area contributed by atoms with E-state index in [9.17, 15) is 9.59 Å². The molecule has 10 nitrogen and oxygen atoms in total. The number of ether oxygens (including phenoxy) is 6. The molecule has 1 aliphatic rings. The second-order valence-electron chi connectivity index (χ2n) is 11.2. The van der Waals surface area contributed by atoms with Gasteiger partial charge in [0.05, 0.1) is 42.7 Å². The highest BCUT2D eigenvalue weighted by molar-refractivity contribution is 5.97. The van der Waals surface area contributed by atoms with Gasteiger partial charge in [-0.25, -0.2) is 8.78 Å². The third-order valence-electron chi connectivity index (χ3n) is 8.45. The van der Waals surface area contributed by atoms with Gasteiger partial charge in [-0.05, 0) is 78.2 Å². The maximum atomic E-state index is 15.1. The summed E-state index contributed by atoms with van der Waals surface area (Å²) in [6, 6.07) is 14.8. The molecule has 0 radical (unpaired) electrons. The Bertz CT molecular complexity index is 1680. The quantitative estimate of drug-likeness (QED) is 0.192. The summed E-state index contributed by atoms with van der Waals surface area (Å²) in [6.07, 6.45) is 0.513. The number of rotatable bonds is 10. The third-order valence-corrected chi connectivity index (χ3v) is 8.45. The molecule has 0 aliphatic carbocycles. The molecule has 1 fully saturated rings. The average molecular weight is 677 g/mol. The van der Waals surface area contributed by atoms with Crippen molar-refractivity contribution in [3.8, 4) is 56.8 Å². The first-order valence-corrected chi connectivity index (χ1v) is 15.5. The van der Waals surface area contributed by atoms with Crippen LogP contribution in [0.5, 0.6) is 34.5 Å². The van der Waals surface area contributed by atoms with E-state index >= 15 is 8.78 Å². The SMILES string of the molecule is COc1cc(-c2cc(C(=O)N3CCCN(C(=O)c4ccc(F)c(-c5cc(OC)c(OC)c(OC)c5)c4)CC3)ccc2F)cc(OC)c1OC. The summed E-state index contributed by atoms with van der Waals surface area (Å²) in [5, 5.41) is 0. The van der Waals surface area contributed by atoms with Gasteiger partial charge in [-0.1, -0.05) is 0 Å². The van der Waals surface area contributed by atoms with Gasteiger partial charge in [-0.3, -0.25) is 9.59 Å². The molecule has 258 valence electrons. The van der Waals surface area contributed by atoms with E-state index in [4.69, 9.17) is 28.4 Å². The fourth-order valence-electron chi connectivity index (χ4n) is 5.92. The molecule has 0 unspecified atom stereocenters. The lowest BCUT2D eigenvalue weighted by Crippen LogP contribution is -2.37. The van der Waals surface area contributed by atoms with Crippen LogP contribution in [0.2, 0.25) is 0 Å². The second kappa shape index (κ2) is 15.1. The van der Waals surface area contributed by atoms with Crippen LogP contribution in [-0.2, 0) is 0 Å². The summed E-state index contributed by atoms with van der Waals surface area (Å²) in [4.78, 5) is 30.7. The molecule has 0 bridgehead atoms. The van der Waals surface area contributed by atoms with Crippen molar-refractivity contribution in [2.24, 2.45) is 0 Å². The molecular weight excluding hydrogens is 638 g/mol. The monoisotopic (exact) mass is 676 g/mol. The van der Waals surface area contributed by atoms with E-state index in [1.807, 2.05) is 0 Å². The van der Waals surface area contributed by atoms with Crippen molar-refractivity contribution in [1.29, 1.82) is 0 Å². The number of carbonyl (C=O) groups is 2. The minimum absolute atomic E-state index is 0.191. The number of carbonyl (C=O) groups excluding carboxylic acids is 2. The van der Waals surface area contributed by atoms with Crippen molar-refractivity contribution in [1.82, 2.24) is 9.80 Å². The van der Waals surface area contributed by atoms with E-state index in [1.54, 1.807) is 34.1 Å². The van der Waals surface area contributed by atoms with Gasteiger partial charge in [0.1, 0.15) is 11.6 Å². The first-order valence-electron chi connectivity index (χ1n) is 15.5. The summed E-state index contributed by atoms with van der Waals surface area (Å²) in [6.45, 7) is 1.28. The Morgan fingerprint density at radius 2 is 0.857 bits per heavy atom. The number of methoxy groups -OCH3 is 6. The van der Waals surface area contributed by atoms with Crippen LogP contribution in [-0.4, -0.2) is 90.5 Å². The molecule has 0 atom stereocenters. The van der Waals surface area contributed by atoms with Gasteiger partial charge in [-0.2, -0.15) is 0 Å². The first kappa shape index (κ1) is 34.8. The molecule has 0 N–H and O–H groups in total. The number of halogens is 2. The molecule has 0 spiro atoms. The second-order valence-corrected chi connectivity index (χ2v) is 11.2. The normalized spacial score (nSPS) is 13.0. The molecule has 1 heterocycles. The fourth-order valence-corrected chi connectivity index (χ4v) is 5.92. The van der Waals surface area contributed by atoms with E-state index in [0.29, 0.717) is 76.3 Å². The number of benzene rings is 4. The maximum absolute atomic E-state index is 15.1. The van der Waals surface area contributed by atoms with Gasteiger partial charge in [0.2, 0.25) is 11.5 Å². The van der Waals surface area contributed by atoms with Gasteiger partial charge in [0, 0.05) is 48.4 Å². The standard InChI is InChI=1S/C37H38F2N2O8/c1-44-30-18-24(19-31(45-2)34(30)48-5)26-16-22(8-10-28(26)38)36(42)40-12-7-13-41(15-14-40)37(43)23-9-11-29(39)27(17-23)25-20-32(46-3)35(49-6)33(21-25)47-4/h8-11,16-21H,7,12-15H2,1-6H3. The van der Waals surface area contributed by atoms with E-state index < -0.39 is 11.6 Å². The first-order chi connectivity index (χ1) is 23.7. The lowest BCUT2D eigenvalue weighted by Gasteiger charge is -2.23. The number of amides is 2. The van der Waals surface area contributed by atoms with E-state index in [1.165, 1.54) is 79.1 Å². The largest absolute Gasteiger partial charge is 0.493 e. The molecule has 12 heteroatoms. The molecule has 1 aliphatic heterocycles. The smallest absolute Gasteiger partial charge is 0.253 e. The Hall–Kier alpha value is -5.52. The molecule has 49 heavy (non-hydrogen) atoms. The van der Waals surface area contributed by atoms with Crippen molar-refractivity contribution in [2.45, 2.75) is 6.42 Å². The van der Waals surface area contributed by atoms with Crippen LogP contribution in [0.4, 0.5) is 8.78 Å². The minimum Gasteiger partial charge on any atom is -0.493 e. The zero-order chi connectivity index (χ0) is 35.2. The van der Waals surface area contributed by atoms with Crippen LogP contribution in [0.1, 0.15) is 27.1 Å². The summed E-state index contributed by atoms with van der Waals surface area (Å²) in [5.41, 5.74) is 1.85. The van der Waals surface area contributed by atoms with Gasteiger partial charge in [-0.15, -0.1) is 0 Å². The minimum atomic E-state index is -0.524. The van der Waals surface area contributed by atoms with Gasteiger partial charge in [0.25, 0.3) is 11.8 Å². The van der Waals surface area contributed by atoms with E-state index in [-0.39, 0.29) is 36.0 Å². The van der Waals surface area contributed by atoms with Crippen molar-refractivity contribution in [2.75, 3.05) is 68.8 Å². The Balaban J connectivity index is 1.35. The Morgan fingerprint density at radius 3 is 1.16 bits per heavy atom. The topological polar surface area (TPSA) is 96.0 Å². The van der Waals surface area contributed by atoms with Crippen LogP contribution in [0, 0.1) is 11.6 Å². The lowest BCUT2D eigenvalue weighted by atomic mass is 10.0. The predicted molar refractivity (Wildman–Crippen MR) is 179 cm³/mol. The van der Waals surface area contributed by atoms with Crippen molar-refractivity contribution >= 4 is 11.8 Å². The van der Waals surface area contributed by atoms with Gasteiger partial charge >= 0.3 is 0 Å². The number of nitrogens with zero attached hydrogens (tertiary/aromatic N) is 2. The predicted octanol–water partition coefficient (Wildman–Crippen LogP) is 6.34. The van der Waals surface area contributed by atoms with Gasteiger partial charge in [0.15, 0.2) is 23.0 Å². The average Bonchev–Trinajstić information content (AvgIpc) is 3.39. The molecule has 5 rings (SSSR count). The summed E-state index contributed by atoms with van der Waals surface area (Å²) in [7, 11) is 8.82. The van der Waals surface area contributed by atoms with Crippen LogP contribution in [0.15, 0.2) is 60.7 Å². The van der Waals surface area contributed by atoms with E-state index in [0.717, 1.165) is 0 Å². The molecule has 1 saturated heterocycles. The highest BCUT2D eigenvalue weighted by Crippen LogP contribution is 2.43. The van der Waals surface area contributed by atoms with Gasteiger partial charge < -0.3 is 38.2 Å². The molecule has 0 saturated carbocycles. The summed E-state index contributed by atoms with van der Waals surface area (Å²) >= 11 is 0. The molecule has 2 amide bonds. The number of hydrogen-bond donors (Lipinski definition) is 0. The zero-order valence-corrected chi connectivity index (χ0v) is 28.2. The van der Waals surface area contributed by atoms with Crippen LogP contribution in [0.25, 0.3) is 22.3 Å². The molecule has 0 aromatic heterocycles. The lowest BCUT2D eigenvalue weighted by molar-refractivity contribution is 0.0718. The Kier molecular flexibility index (Phi) is 10.8. The van der Waals surface area contributed by atoms with E-state index in [2.05, 4.69) is 0 Å². The van der Waals surface area contributed by atoms with Crippen molar-refractivity contribution in [3.63, 3.8) is 0 Å². The fraction of sp³-hybridized carbons (Fsp3) is 0.297. The van der Waals surface area contributed by atoms with Crippen LogP contribution >= 0.6 is 0 Å². The molecular formula is C37H38F2N2O8. The third kappa shape index (κ3) is 7.03. The summed E-state index contributed by atoms with van der Waals surface area (Å²) in [5.74, 6) is 0.482. The van der Waals surface area contributed by atoms with Crippen molar-refractivity contribution < 1.29 is 46.8 Å². The van der Waals surface area contributed by atoms with Crippen LogP contribution in [0.3, 0.4) is 0 Å².